The molecule has 0 spiro atoms. The molecule has 5 rings (SSSR count). The number of amides is 1. The second kappa shape index (κ2) is 8.94. The third-order valence-corrected chi connectivity index (χ3v) is 6.58. The van der Waals surface area contributed by atoms with Gasteiger partial charge in [0, 0.05) is 10.9 Å². The molecule has 2 atom stereocenters. The Balaban J connectivity index is 1.39. The smallest absolute Gasteiger partial charge is 0.410 e. The zero-order chi connectivity index (χ0) is 22.1. The molecule has 2 aliphatic rings. The number of ether oxygens (including phenoxy) is 2. The Morgan fingerprint density at radius 3 is 2.22 bits per heavy atom. The maximum atomic E-state index is 13.3. The molecule has 1 heterocycles. The monoisotopic (exact) mass is 449 g/mol. The summed E-state index contributed by atoms with van der Waals surface area (Å²) in [5, 5.41) is 10.5. The van der Waals surface area contributed by atoms with Crippen molar-refractivity contribution < 1.29 is 19.4 Å². The molecule has 0 bridgehead atoms. The average Bonchev–Trinajstić information content (AvgIpc) is 3.16. The van der Waals surface area contributed by atoms with Crippen molar-refractivity contribution >= 4 is 17.7 Å². The Bertz CT molecular complexity index is 1070. The normalized spacial score (nSPS) is 20.0. The van der Waals surface area contributed by atoms with Crippen LogP contribution in [0.2, 0.25) is 5.02 Å². The molecule has 32 heavy (non-hydrogen) atoms. The molecule has 1 saturated heterocycles. The van der Waals surface area contributed by atoms with Crippen molar-refractivity contribution in [1.82, 2.24) is 4.90 Å². The van der Waals surface area contributed by atoms with E-state index >= 15 is 0 Å². The van der Waals surface area contributed by atoms with Crippen molar-refractivity contribution in [3.8, 4) is 11.1 Å². The molecule has 0 unspecified atom stereocenters. The maximum Gasteiger partial charge on any atom is 0.410 e. The van der Waals surface area contributed by atoms with E-state index in [-0.39, 0.29) is 31.8 Å². The van der Waals surface area contributed by atoms with Crippen LogP contribution in [0.3, 0.4) is 0 Å². The number of aliphatic hydroxyl groups is 1. The minimum atomic E-state index is -0.472. The first kappa shape index (κ1) is 21.0. The lowest BCUT2D eigenvalue weighted by Crippen LogP contribution is -2.52. The average molecular weight is 450 g/mol. The summed E-state index contributed by atoms with van der Waals surface area (Å²) in [6.07, 6.45) is -0.450. The first-order valence-corrected chi connectivity index (χ1v) is 11.1. The highest BCUT2D eigenvalue weighted by Crippen LogP contribution is 2.44. The van der Waals surface area contributed by atoms with E-state index in [1.165, 1.54) is 11.1 Å². The number of rotatable bonds is 4. The van der Waals surface area contributed by atoms with Gasteiger partial charge in [0.1, 0.15) is 6.61 Å². The lowest BCUT2D eigenvalue weighted by Gasteiger charge is -2.40. The molecule has 3 aromatic carbocycles. The predicted octanol–water partition coefficient (Wildman–Crippen LogP) is 5.02. The minimum absolute atomic E-state index is 0.0195. The van der Waals surface area contributed by atoms with Crippen LogP contribution in [0.15, 0.2) is 72.8 Å². The number of carbonyl (C=O) groups is 1. The first-order chi connectivity index (χ1) is 15.7. The van der Waals surface area contributed by atoms with Gasteiger partial charge in [0.05, 0.1) is 31.9 Å². The van der Waals surface area contributed by atoms with Gasteiger partial charge in [0.2, 0.25) is 0 Å². The number of nitrogens with zero attached hydrogens (tertiary/aromatic N) is 1. The van der Waals surface area contributed by atoms with Gasteiger partial charge >= 0.3 is 6.09 Å². The van der Waals surface area contributed by atoms with E-state index in [0.29, 0.717) is 11.6 Å². The van der Waals surface area contributed by atoms with Crippen LogP contribution in [0.25, 0.3) is 11.1 Å². The second-order valence-corrected chi connectivity index (χ2v) is 8.59. The summed E-state index contributed by atoms with van der Waals surface area (Å²) < 4.78 is 11.6. The summed E-state index contributed by atoms with van der Waals surface area (Å²) >= 11 is 6.03. The van der Waals surface area contributed by atoms with Crippen molar-refractivity contribution in [2.24, 2.45) is 0 Å². The van der Waals surface area contributed by atoms with Crippen molar-refractivity contribution in [2.45, 2.75) is 18.0 Å². The molecule has 164 valence electrons. The van der Waals surface area contributed by atoms with Crippen LogP contribution >= 0.6 is 11.6 Å². The molecular weight excluding hydrogens is 426 g/mol. The van der Waals surface area contributed by atoms with Crippen molar-refractivity contribution in [2.75, 3.05) is 26.4 Å². The molecule has 5 nitrogen and oxygen atoms in total. The minimum Gasteiger partial charge on any atom is -0.448 e. The van der Waals surface area contributed by atoms with E-state index < -0.39 is 12.1 Å². The van der Waals surface area contributed by atoms with Gasteiger partial charge in [-0.05, 0) is 39.9 Å². The fourth-order valence-corrected chi connectivity index (χ4v) is 4.88. The Morgan fingerprint density at radius 1 is 0.969 bits per heavy atom. The van der Waals surface area contributed by atoms with Gasteiger partial charge in [0.25, 0.3) is 0 Å². The van der Waals surface area contributed by atoms with Gasteiger partial charge in [-0.3, -0.25) is 4.90 Å². The molecule has 0 saturated carbocycles. The van der Waals surface area contributed by atoms with Gasteiger partial charge in [0.15, 0.2) is 0 Å². The van der Waals surface area contributed by atoms with Crippen LogP contribution in [0, 0.1) is 0 Å². The molecule has 0 radical (unpaired) electrons. The van der Waals surface area contributed by atoms with Gasteiger partial charge < -0.3 is 14.6 Å². The van der Waals surface area contributed by atoms with Crippen molar-refractivity contribution in [1.29, 1.82) is 0 Å². The van der Waals surface area contributed by atoms with Gasteiger partial charge in [-0.15, -0.1) is 0 Å². The van der Waals surface area contributed by atoms with Crippen molar-refractivity contribution in [3.63, 3.8) is 0 Å². The second-order valence-electron chi connectivity index (χ2n) is 8.15. The number of carbonyl (C=O) groups excluding carboxylic acids is 1. The Labute approximate surface area is 192 Å². The first-order valence-electron chi connectivity index (χ1n) is 10.7. The van der Waals surface area contributed by atoms with E-state index in [2.05, 4.69) is 24.3 Å². The van der Waals surface area contributed by atoms with E-state index in [4.69, 9.17) is 21.1 Å². The summed E-state index contributed by atoms with van der Waals surface area (Å²) in [4.78, 5) is 14.9. The lowest BCUT2D eigenvalue weighted by molar-refractivity contribution is -0.0602. The topological polar surface area (TPSA) is 59.0 Å². The van der Waals surface area contributed by atoms with Gasteiger partial charge in [-0.1, -0.05) is 72.3 Å². The Kier molecular flexibility index (Phi) is 5.87. The summed E-state index contributed by atoms with van der Waals surface area (Å²) in [7, 11) is 0. The van der Waals surface area contributed by atoms with Crippen LogP contribution in [-0.2, 0) is 9.47 Å². The quantitative estimate of drug-likeness (QED) is 0.607. The number of halogens is 1. The van der Waals surface area contributed by atoms with Crippen LogP contribution < -0.4 is 0 Å². The molecule has 1 aliphatic carbocycles. The van der Waals surface area contributed by atoms with Gasteiger partial charge in [-0.2, -0.15) is 0 Å². The van der Waals surface area contributed by atoms with E-state index in [9.17, 15) is 9.90 Å². The number of fused-ring (bicyclic) bond motifs is 3. The molecular formula is C26H24ClNO4. The number of hydrogen-bond donors (Lipinski definition) is 1. The molecule has 0 aromatic heterocycles. The third-order valence-electron chi connectivity index (χ3n) is 6.33. The standard InChI is InChI=1S/C26H24ClNO4/c27-18-11-9-17(10-12-18)25-16-31-14-19(13-29)28(25)26(30)32-15-24-22-7-3-1-5-20(22)21-6-2-4-8-23(21)24/h1-12,19,24-25,29H,13-16H2/t19-,25-/m0/s1. The summed E-state index contributed by atoms with van der Waals surface area (Å²) in [5.74, 6) is -0.0195. The Morgan fingerprint density at radius 2 is 1.59 bits per heavy atom. The molecule has 1 amide bonds. The molecule has 1 aliphatic heterocycles. The fourth-order valence-electron chi connectivity index (χ4n) is 4.76. The highest BCUT2D eigenvalue weighted by molar-refractivity contribution is 6.30. The zero-order valence-corrected chi connectivity index (χ0v) is 18.2. The van der Waals surface area contributed by atoms with E-state index in [1.54, 1.807) is 17.0 Å². The number of hydrogen-bond acceptors (Lipinski definition) is 4. The van der Waals surface area contributed by atoms with Crippen molar-refractivity contribution in [3.05, 3.63) is 94.5 Å². The third kappa shape index (κ3) is 3.77. The maximum absolute atomic E-state index is 13.3. The predicted molar refractivity (Wildman–Crippen MR) is 123 cm³/mol. The fraction of sp³-hybridized carbons (Fsp3) is 0.269. The SMILES string of the molecule is O=C(OCC1c2ccccc2-c2ccccc21)N1[C@@H](CO)COC[C@H]1c1ccc(Cl)cc1. The highest BCUT2D eigenvalue weighted by atomic mass is 35.5. The van der Waals surface area contributed by atoms with E-state index in [0.717, 1.165) is 16.7 Å². The molecule has 1 fully saturated rings. The molecule has 6 heteroatoms. The lowest BCUT2D eigenvalue weighted by atomic mass is 9.98. The number of benzene rings is 3. The summed E-state index contributed by atoms with van der Waals surface area (Å²) in [5.41, 5.74) is 5.58. The highest BCUT2D eigenvalue weighted by Gasteiger charge is 2.38. The largest absolute Gasteiger partial charge is 0.448 e. The van der Waals surface area contributed by atoms with Crippen LogP contribution in [0.1, 0.15) is 28.7 Å². The van der Waals surface area contributed by atoms with Crippen LogP contribution in [0.4, 0.5) is 4.79 Å². The molecule has 1 N–H and O–H groups in total. The van der Waals surface area contributed by atoms with Crippen LogP contribution in [0.5, 0.6) is 0 Å². The van der Waals surface area contributed by atoms with Gasteiger partial charge in [-0.25, -0.2) is 4.79 Å². The van der Waals surface area contributed by atoms with E-state index in [1.807, 2.05) is 36.4 Å². The van der Waals surface area contributed by atoms with Crippen LogP contribution in [-0.4, -0.2) is 48.6 Å². The Hall–Kier alpha value is -2.86. The molecule has 3 aromatic rings. The number of aliphatic hydroxyl groups excluding tert-OH is 1. The number of morpholine rings is 1. The summed E-state index contributed by atoms with van der Waals surface area (Å²) in [6.45, 7) is 0.636. The summed E-state index contributed by atoms with van der Waals surface area (Å²) in [6, 6.07) is 23.0. The zero-order valence-electron chi connectivity index (χ0n) is 17.5.